The Labute approximate surface area is 156 Å². The number of hydrogen-bond donors (Lipinski definition) is 2. The number of amides is 1. The van der Waals surface area contributed by atoms with Crippen molar-refractivity contribution in [3.8, 4) is 5.69 Å². The van der Waals surface area contributed by atoms with E-state index in [-0.39, 0.29) is 18.9 Å². The van der Waals surface area contributed by atoms with Gasteiger partial charge in [0.15, 0.2) is 0 Å². The maximum absolute atomic E-state index is 12.9. The van der Waals surface area contributed by atoms with E-state index in [1.165, 1.54) is 0 Å². The monoisotopic (exact) mass is 376 g/mol. The number of carbonyl (C=O) groups is 2. The highest BCUT2D eigenvalue weighted by Crippen LogP contribution is 2.26. The molecule has 1 atom stereocenters. The van der Waals surface area contributed by atoms with Crippen LogP contribution in [0.2, 0.25) is 5.02 Å². The number of nitrogens with zero attached hydrogens (tertiary/aromatic N) is 1. The number of aliphatic carboxylic acids is 1. The lowest BCUT2D eigenvalue weighted by Crippen LogP contribution is -2.50. The lowest BCUT2D eigenvalue weighted by Gasteiger charge is -2.27. The average molecular weight is 377 g/mol. The number of hydrogen-bond acceptors (Lipinski definition) is 3. The van der Waals surface area contributed by atoms with Crippen molar-refractivity contribution in [2.75, 3.05) is 13.2 Å². The Kier molecular flexibility index (Phi) is 5.07. The van der Waals surface area contributed by atoms with Crippen LogP contribution >= 0.6 is 11.6 Å². The number of ether oxygens (including phenoxy) is 1. The number of carbonyl (C=O) groups excluding carboxylic acids is 1. The highest BCUT2D eigenvalue weighted by Gasteiger charge is 2.39. The first kappa shape index (κ1) is 18.5. The fourth-order valence-corrected chi connectivity index (χ4v) is 3.68. The Morgan fingerprint density at radius 3 is 2.73 bits per heavy atom. The molecular formula is C19H21ClN2O4. The molecule has 138 valence electrons. The minimum absolute atomic E-state index is 0.161. The molecule has 1 unspecified atom stereocenters. The van der Waals surface area contributed by atoms with Crippen molar-refractivity contribution in [3.05, 3.63) is 52.3 Å². The highest BCUT2D eigenvalue weighted by molar-refractivity contribution is 6.30. The molecule has 1 aromatic heterocycles. The van der Waals surface area contributed by atoms with E-state index in [9.17, 15) is 14.7 Å². The van der Waals surface area contributed by atoms with Gasteiger partial charge in [-0.1, -0.05) is 17.7 Å². The Balaban J connectivity index is 1.91. The molecule has 2 N–H and O–H groups in total. The Bertz CT molecular complexity index is 853. The fraction of sp³-hybridized carbons (Fsp3) is 0.368. The van der Waals surface area contributed by atoms with Gasteiger partial charge in [0.2, 0.25) is 0 Å². The predicted octanol–water partition coefficient (Wildman–Crippen LogP) is 3.11. The normalized spacial score (nSPS) is 19.5. The average Bonchev–Trinajstić information content (AvgIpc) is 3.11. The fourth-order valence-electron chi connectivity index (χ4n) is 3.49. The lowest BCUT2D eigenvalue weighted by molar-refractivity contribution is -0.138. The Hall–Kier alpha value is -2.31. The zero-order valence-corrected chi connectivity index (χ0v) is 15.5. The minimum Gasteiger partial charge on any atom is -0.481 e. The Morgan fingerprint density at radius 1 is 1.35 bits per heavy atom. The van der Waals surface area contributed by atoms with E-state index in [4.69, 9.17) is 16.3 Å². The van der Waals surface area contributed by atoms with E-state index in [0.29, 0.717) is 23.6 Å². The van der Waals surface area contributed by atoms with Gasteiger partial charge in [-0.15, -0.1) is 0 Å². The summed E-state index contributed by atoms with van der Waals surface area (Å²) in [6.07, 6.45) is 0.323. The van der Waals surface area contributed by atoms with Crippen LogP contribution in [-0.4, -0.2) is 40.3 Å². The largest absolute Gasteiger partial charge is 0.481 e. The molecular weight excluding hydrogens is 356 g/mol. The first-order chi connectivity index (χ1) is 12.3. The molecule has 0 spiro atoms. The van der Waals surface area contributed by atoms with Crippen LogP contribution in [-0.2, 0) is 9.53 Å². The van der Waals surface area contributed by atoms with Crippen molar-refractivity contribution in [1.29, 1.82) is 0 Å². The van der Waals surface area contributed by atoms with E-state index >= 15 is 0 Å². The third-order valence-corrected chi connectivity index (χ3v) is 4.95. The quantitative estimate of drug-likeness (QED) is 0.840. The second-order valence-electron chi connectivity index (χ2n) is 6.71. The number of carboxylic acid groups (broad SMARTS) is 1. The van der Waals surface area contributed by atoms with E-state index in [0.717, 1.165) is 17.1 Å². The van der Waals surface area contributed by atoms with Gasteiger partial charge in [-0.3, -0.25) is 9.59 Å². The number of nitrogens with one attached hydrogen (secondary N) is 1. The highest BCUT2D eigenvalue weighted by atomic mass is 35.5. The first-order valence-corrected chi connectivity index (χ1v) is 8.76. The molecule has 7 heteroatoms. The summed E-state index contributed by atoms with van der Waals surface area (Å²) < 4.78 is 7.30. The van der Waals surface area contributed by atoms with Crippen molar-refractivity contribution in [3.63, 3.8) is 0 Å². The van der Waals surface area contributed by atoms with Crippen LogP contribution in [0.25, 0.3) is 5.69 Å². The van der Waals surface area contributed by atoms with Gasteiger partial charge >= 0.3 is 5.97 Å². The molecule has 1 aliphatic rings. The van der Waals surface area contributed by atoms with E-state index in [1.54, 1.807) is 12.1 Å². The van der Waals surface area contributed by atoms with Gasteiger partial charge in [-0.2, -0.15) is 0 Å². The summed E-state index contributed by atoms with van der Waals surface area (Å²) >= 11 is 6.09. The molecule has 2 aromatic rings. The van der Waals surface area contributed by atoms with Crippen molar-refractivity contribution in [2.45, 2.75) is 32.2 Å². The van der Waals surface area contributed by atoms with Crippen LogP contribution < -0.4 is 5.32 Å². The molecule has 0 bridgehead atoms. The van der Waals surface area contributed by atoms with Gasteiger partial charge in [-0.05, 0) is 44.5 Å². The van der Waals surface area contributed by atoms with Crippen LogP contribution in [0.3, 0.4) is 0 Å². The maximum Gasteiger partial charge on any atom is 0.305 e. The van der Waals surface area contributed by atoms with E-state index in [2.05, 4.69) is 5.32 Å². The standard InChI is InChI=1S/C19H21ClN2O4/c1-12-8-16(13(2)22(12)15-5-3-4-14(20)9-15)18(25)21-19(10-17(23)24)6-7-26-11-19/h3-5,8-9H,6-7,10-11H2,1-2H3,(H,21,25)(H,23,24). The third kappa shape index (κ3) is 3.61. The number of benzene rings is 1. The number of rotatable bonds is 5. The van der Waals surface area contributed by atoms with E-state index < -0.39 is 11.5 Å². The molecule has 26 heavy (non-hydrogen) atoms. The van der Waals surface area contributed by atoms with Gasteiger partial charge in [0, 0.05) is 28.7 Å². The molecule has 1 fully saturated rings. The van der Waals surface area contributed by atoms with Crippen LogP contribution in [0.15, 0.2) is 30.3 Å². The summed E-state index contributed by atoms with van der Waals surface area (Å²) in [6.45, 7) is 4.42. The summed E-state index contributed by atoms with van der Waals surface area (Å²) in [4.78, 5) is 24.1. The summed E-state index contributed by atoms with van der Waals surface area (Å²) in [6, 6.07) is 9.21. The second-order valence-corrected chi connectivity index (χ2v) is 7.14. The molecule has 6 nitrogen and oxygen atoms in total. The number of carboxylic acids is 1. The second kappa shape index (κ2) is 7.13. The van der Waals surface area contributed by atoms with Crippen LogP contribution in [0.4, 0.5) is 0 Å². The predicted molar refractivity (Wildman–Crippen MR) is 98.1 cm³/mol. The van der Waals surface area contributed by atoms with Gasteiger partial charge in [-0.25, -0.2) is 0 Å². The Morgan fingerprint density at radius 2 is 2.12 bits per heavy atom. The van der Waals surface area contributed by atoms with Crippen molar-refractivity contribution >= 4 is 23.5 Å². The van der Waals surface area contributed by atoms with Crippen LogP contribution in [0.1, 0.15) is 34.6 Å². The topological polar surface area (TPSA) is 80.6 Å². The SMILES string of the molecule is Cc1cc(C(=O)NC2(CC(=O)O)CCOC2)c(C)n1-c1cccc(Cl)c1. The third-order valence-electron chi connectivity index (χ3n) is 4.71. The van der Waals surface area contributed by atoms with Crippen molar-refractivity contribution in [1.82, 2.24) is 9.88 Å². The van der Waals surface area contributed by atoms with Gasteiger partial charge in [0.1, 0.15) is 0 Å². The van der Waals surface area contributed by atoms with Crippen molar-refractivity contribution < 1.29 is 19.4 Å². The molecule has 0 aliphatic carbocycles. The molecule has 1 aromatic carbocycles. The number of aryl methyl sites for hydroxylation is 1. The summed E-state index contributed by atoms with van der Waals surface area (Å²) in [5, 5.41) is 12.7. The maximum atomic E-state index is 12.9. The van der Waals surface area contributed by atoms with Gasteiger partial charge < -0.3 is 19.7 Å². The zero-order chi connectivity index (χ0) is 18.9. The summed E-state index contributed by atoms with van der Waals surface area (Å²) in [5.41, 5.74) is 2.19. The molecule has 0 radical (unpaired) electrons. The van der Waals surface area contributed by atoms with Gasteiger partial charge in [0.25, 0.3) is 5.91 Å². The van der Waals surface area contributed by atoms with Crippen LogP contribution in [0, 0.1) is 13.8 Å². The number of halogens is 1. The molecule has 1 aliphatic heterocycles. The van der Waals surface area contributed by atoms with Crippen molar-refractivity contribution in [2.24, 2.45) is 0 Å². The molecule has 1 amide bonds. The summed E-state index contributed by atoms with van der Waals surface area (Å²) in [7, 11) is 0. The summed E-state index contributed by atoms with van der Waals surface area (Å²) in [5.74, 6) is -1.25. The molecule has 2 heterocycles. The minimum atomic E-state index is -0.958. The molecule has 1 saturated heterocycles. The molecule has 3 rings (SSSR count). The lowest BCUT2D eigenvalue weighted by atomic mass is 9.93. The van der Waals surface area contributed by atoms with Crippen LogP contribution in [0.5, 0.6) is 0 Å². The first-order valence-electron chi connectivity index (χ1n) is 8.38. The van der Waals surface area contributed by atoms with Gasteiger partial charge in [0.05, 0.1) is 24.1 Å². The molecule has 0 saturated carbocycles. The number of aromatic nitrogens is 1. The zero-order valence-electron chi connectivity index (χ0n) is 14.7. The smallest absolute Gasteiger partial charge is 0.305 e. The van der Waals surface area contributed by atoms with E-state index in [1.807, 2.05) is 36.6 Å².